The first-order chi connectivity index (χ1) is 5.81. The maximum absolute atomic E-state index is 4.12. The molecule has 59 valence electrons. The summed E-state index contributed by atoms with van der Waals surface area (Å²) in [4.78, 5) is 0. The van der Waals surface area contributed by atoms with Gasteiger partial charge in [0.1, 0.15) is 5.54 Å². The molecule has 2 rings (SSSR count). The van der Waals surface area contributed by atoms with E-state index in [1.54, 1.807) is 6.20 Å². The molecule has 0 fully saturated rings. The van der Waals surface area contributed by atoms with E-state index in [-0.39, 0.29) is 5.54 Å². The highest BCUT2D eigenvalue weighted by atomic mass is 15.2. The van der Waals surface area contributed by atoms with Gasteiger partial charge in [-0.25, -0.2) is 0 Å². The Morgan fingerprint density at radius 3 is 2.92 bits per heavy atom. The van der Waals surface area contributed by atoms with Crippen molar-refractivity contribution in [3.8, 4) is 0 Å². The van der Waals surface area contributed by atoms with Crippen LogP contribution in [-0.4, -0.2) is 0 Å². The predicted molar refractivity (Wildman–Crippen MR) is 46.6 cm³/mol. The zero-order chi connectivity index (χ0) is 8.44. The highest BCUT2D eigenvalue weighted by Crippen LogP contribution is 2.30. The van der Waals surface area contributed by atoms with E-state index in [1.165, 1.54) is 0 Å². The van der Waals surface area contributed by atoms with Gasteiger partial charge in [0.25, 0.3) is 0 Å². The van der Waals surface area contributed by atoms with E-state index in [0.29, 0.717) is 0 Å². The summed E-state index contributed by atoms with van der Waals surface area (Å²) in [5.74, 6) is 0. The zero-order valence-electron chi connectivity index (χ0n) is 6.86. The molecule has 0 saturated carbocycles. The fraction of sp³-hybridized carbons (Fsp3) is 0.200. The smallest absolute Gasteiger partial charge is 0.124 e. The SMILES string of the molecule is CC1(c2[c]cccc2)C=CN=N1. The fourth-order valence-corrected chi connectivity index (χ4v) is 1.22. The van der Waals surface area contributed by atoms with Crippen LogP contribution in [0.2, 0.25) is 0 Å². The summed E-state index contributed by atoms with van der Waals surface area (Å²) in [7, 11) is 0. The Morgan fingerprint density at radius 2 is 2.33 bits per heavy atom. The summed E-state index contributed by atoms with van der Waals surface area (Å²) in [5.41, 5.74) is 0.767. The van der Waals surface area contributed by atoms with Gasteiger partial charge in [0.05, 0.1) is 0 Å². The molecule has 1 radical (unpaired) electrons. The van der Waals surface area contributed by atoms with Crippen molar-refractivity contribution in [2.45, 2.75) is 12.5 Å². The lowest BCUT2D eigenvalue weighted by Crippen LogP contribution is -2.12. The Morgan fingerprint density at radius 1 is 1.42 bits per heavy atom. The van der Waals surface area contributed by atoms with Crippen molar-refractivity contribution in [2.24, 2.45) is 10.2 Å². The minimum atomic E-state index is -0.290. The van der Waals surface area contributed by atoms with Crippen molar-refractivity contribution in [1.29, 1.82) is 0 Å². The molecule has 2 nitrogen and oxygen atoms in total. The van der Waals surface area contributed by atoms with Gasteiger partial charge in [-0.15, -0.1) is 0 Å². The molecule has 0 bridgehead atoms. The van der Waals surface area contributed by atoms with Crippen LogP contribution in [0.25, 0.3) is 0 Å². The Hall–Kier alpha value is -1.44. The monoisotopic (exact) mass is 157 g/mol. The summed E-state index contributed by atoms with van der Waals surface area (Å²) < 4.78 is 0. The van der Waals surface area contributed by atoms with E-state index in [9.17, 15) is 0 Å². The second-order valence-electron chi connectivity index (χ2n) is 2.95. The molecule has 1 heterocycles. The minimum absolute atomic E-state index is 0.290. The Balaban J connectivity index is 2.43. The van der Waals surface area contributed by atoms with Gasteiger partial charge >= 0.3 is 0 Å². The lowest BCUT2D eigenvalue weighted by Gasteiger charge is -2.15. The van der Waals surface area contributed by atoms with Crippen LogP contribution in [0.5, 0.6) is 0 Å². The second-order valence-corrected chi connectivity index (χ2v) is 2.95. The van der Waals surface area contributed by atoms with E-state index in [1.807, 2.05) is 37.3 Å². The third-order valence-electron chi connectivity index (χ3n) is 1.99. The van der Waals surface area contributed by atoms with Crippen LogP contribution < -0.4 is 0 Å². The number of hydrogen-bond donors (Lipinski definition) is 0. The number of azo groups is 1. The first-order valence-corrected chi connectivity index (χ1v) is 3.88. The van der Waals surface area contributed by atoms with Crippen molar-refractivity contribution in [3.63, 3.8) is 0 Å². The molecule has 1 aromatic rings. The average Bonchev–Trinajstić information content (AvgIpc) is 2.55. The zero-order valence-corrected chi connectivity index (χ0v) is 6.86. The van der Waals surface area contributed by atoms with Crippen LogP contribution in [0, 0.1) is 6.07 Å². The van der Waals surface area contributed by atoms with E-state index >= 15 is 0 Å². The fourth-order valence-electron chi connectivity index (χ4n) is 1.22. The van der Waals surface area contributed by atoms with Crippen molar-refractivity contribution >= 4 is 0 Å². The first-order valence-electron chi connectivity index (χ1n) is 3.88. The van der Waals surface area contributed by atoms with Crippen LogP contribution >= 0.6 is 0 Å². The molecule has 0 aromatic heterocycles. The summed E-state index contributed by atoms with van der Waals surface area (Å²) in [6.07, 6.45) is 3.69. The Bertz CT molecular complexity index is 313. The Labute approximate surface area is 71.6 Å². The molecule has 0 N–H and O–H groups in total. The summed E-state index contributed by atoms with van der Waals surface area (Å²) in [5, 5.41) is 7.96. The normalized spacial score (nSPS) is 26.4. The third-order valence-corrected chi connectivity index (χ3v) is 1.99. The van der Waals surface area contributed by atoms with E-state index in [4.69, 9.17) is 0 Å². The van der Waals surface area contributed by atoms with Crippen molar-refractivity contribution in [3.05, 3.63) is 48.2 Å². The lowest BCUT2D eigenvalue weighted by atomic mass is 9.94. The van der Waals surface area contributed by atoms with Crippen LogP contribution in [-0.2, 0) is 5.54 Å². The molecular formula is C10H9N2. The van der Waals surface area contributed by atoms with Gasteiger partial charge in [0.2, 0.25) is 0 Å². The number of rotatable bonds is 1. The van der Waals surface area contributed by atoms with Crippen molar-refractivity contribution in [1.82, 2.24) is 0 Å². The largest absolute Gasteiger partial charge is 0.174 e. The average molecular weight is 157 g/mol. The molecule has 1 aliphatic rings. The number of benzene rings is 1. The molecule has 0 spiro atoms. The molecule has 1 atom stereocenters. The topological polar surface area (TPSA) is 24.7 Å². The Kier molecular flexibility index (Phi) is 1.54. The van der Waals surface area contributed by atoms with E-state index in [2.05, 4.69) is 16.3 Å². The van der Waals surface area contributed by atoms with Gasteiger partial charge in [0, 0.05) is 6.20 Å². The van der Waals surface area contributed by atoms with Gasteiger partial charge in [-0.3, -0.25) is 0 Å². The van der Waals surface area contributed by atoms with Gasteiger partial charge < -0.3 is 0 Å². The summed E-state index contributed by atoms with van der Waals surface area (Å²) in [6.45, 7) is 2.02. The highest BCUT2D eigenvalue weighted by Gasteiger charge is 2.24. The van der Waals surface area contributed by atoms with Crippen LogP contribution in [0.4, 0.5) is 0 Å². The quantitative estimate of drug-likeness (QED) is 0.598. The number of hydrogen-bond acceptors (Lipinski definition) is 2. The molecule has 0 saturated heterocycles. The first kappa shape index (κ1) is 7.22. The van der Waals surface area contributed by atoms with E-state index in [0.717, 1.165) is 5.56 Å². The molecule has 2 heteroatoms. The molecule has 1 aliphatic heterocycles. The molecule has 0 amide bonds. The van der Waals surface area contributed by atoms with Crippen molar-refractivity contribution in [2.75, 3.05) is 0 Å². The van der Waals surface area contributed by atoms with Crippen LogP contribution in [0.3, 0.4) is 0 Å². The maximum atomic E-state index is 4.12. The molecule has 0 aliphatic carbocycles. The van der Waals surface area contributed by atoms with Gasteiger partial charge in [0.15, 0.2) is 0 Å². The van der Waals surface area contributed by atoms with Crippen molar-refractivity contribution < 1.29 is 0 Å². The third kappa shape index (κ3) is 1.05. The standard InChI is InChI=1S/C10H9N2/c1-10(7-8-11-12-10)9-5-3-2-4-6-9/h2-5,7-8H,1H3. The molecular weight excluding hydrogens is 148 g/mol. The lowest BCUT2D eigenvalue weighted by molar-refractivity contribution is 0.620. The molecule has 12 heavy (non-hydrogen) atoms. The highest BCUT2D eigenvalue weighted by molar-refractivity contribution is 5.29. The van der Waals surface area contributed by atoms with Crippen LogP contribution in [0.15, 0.2) is 46.8 Å². The molecule has 1 aromatic carbocycles. The summed E-state index contributed by atoms with van der Waals surface area (Å²) in [6, 6.07) is 11.0. The van der Waals surface area contributed by atoms with Crippen LogP contribution in [0.1, 0.15) is 12.5 Å². The van der Waals surface area contributed by atoms with Gasteiger partial charge in [-0.05, 0) is 24.6 Å². The minimum Gasteiger partial charge on any atom is -0.174 e. The summed E-state index contributed by atoms with van der Waals surface area (Å²) >= 11 is 0. The second kappa shape index (κ2) is 2.55. The van der Waals surface area contributed by atoms with Gasteiger partial charge in [-0.1, -0.05) is 24.3 Å². The predicted octanol–water partition coefficient (Wildman–Crippen LogP) is 2.68. The number of nitrogens with zero attached hydrogens (tertiary/aromatic N) is 2. The van der Waals surface area contributed by atoms with E-state index < -0.39 is 0 Å². The van der Waals surface area contributed by atoms with Gasteiger partial charge in [-0.2, -0.15) is 10.2 Å². The maximum Gasteiger partial charge on any atom is 0.124 e. The molecule has 1 unspecified atom stereocenters.